The Hall–Kier alpha value is -2.70. The molecular weight excluding hydrogens is 306 g/mol. The maximum absolute atomic E-state index is 12.6. The minimum absolute atomic E-state index is 0.116. The Balaban J connectivity index is 1.67. The van der Waals surface area contributed by atoms with Gasteiger partial charge in [-0.1, -0.05) is 6.92 Å². The number of hydrogen-bond donors (Lipinski definition) is 0. The lowest BCUT2D eigenvalue weighted by Crippen LogP contribution is -2.49. The van der Waals surface area contributed by atoms with E-state index in [-0.39, 0.29) is 11.5 Å². The standard InChI is InChI=1S/C17H21N5O2/c1-2-9-22-16(23)4-3-15(19-22)17(24)21-12-10-20(11-13-21)14-5-7-18-8-6-14/h3-8H,2,9-13H2,1H3. The molecule has 24 heavy (non-hydrogen) atoms. The van der Waals surface area contributed by atoms with Crippen molar-refractivity contribution in [3.63, 3.8) is 0 Å². The Bertz CT molecular complexity index is 751. The summed E-state index contributed by atoms with van der Waals surface area (Å²) in [6.07, 6.45) is 4.34. The lowest BCUT2D eigenvalue weighted by Gasteiger charge is -2.35. The summed E-state index contributed by atoms with van der Waals surface area (Å²) >= 11 is 0. The molecule has 3 rings (SSSR count). The van der Waals surface area contributed by atoms with Gasteiger partial charge in [0.05, 0.1) is 0 Å². The molecule has 7 nitrogen and oxygen atoms in total. The quantitative estimate of drug-likeness (QED) is 0.838. The molecule has 0 aromatic carbocycles. The number of carbonyl (C=O) groups excluding carboxylic acids is 1. The maximum atomic E-state index is 12.6. The number of amides is 1. The van der Waals surface area contributed by atoms with Crippen molar-refractivity contribution >= 4 is 11.6 Å². The zero-order valence-corrected chi connectivity index (χ0v) is 13.8. The first-order valence-electron chi connectivity index (χ1n) is 8.21. The highest BCUT2D eigenvalue weighted by Crippen LogP contribution is 2.15. The highest BCUT2D eigenvalue weighted by Gasteiger charge is 2.23. The maximum Gasteiger partial charge on any atom is 0.274 e. The number of aryl methyl sites for hydroxylation is 1. The molecule has 3 heterocycles. The van der Waals surface area contributed by atoms with Crippen LogP contribution >= 0.6 is 0 Å². The number of carbonyl (C=O) groups is 1. The van der Waals surface area contributed by atoms with E-state index in [1.54, 1.807) is 17.3 Å². The van der Waals surface area contributed by atoms with E-state index in [4.69, 9.17) is 0 Å². The third-order valence-electron chi connectivity index (χ3n) is 4.12. The van der Waals surface area contributed by atoms with Crippen LogP contribution in [0, 0.1) is 0 Å². The fraction of sp³-hybridized carbons (Fsp3) is 0.412. The lowest BCUT2D eigenvalue weighted by molar-refractivity contribution is 0.0738. The lowest BCUT2D eigenvalue weighted by atomic mass is 10.2. The Kier molecular flexibility index (Phi) is 4.88. The van der Waals surface area contributed by atoms with Crippen LogP contribution in [0.3, 0.4) is 0 Å². The van der Waals surface area contributed by atoms with Crippen LogP contribution in [-0.4, -0.2) is 51.8 Å². The molecule has 1 fully saturated rings. The van der Waals surface area contributed by atoms with E-state index in [1.807, 2.05) is 19.1 Å². The molecule has 0 saturated carbocycles. The second-order valence-corrected chi connectivity index (χ2v) is 5.76. The van der Waals surface area contributed by atoms with E-state index in [0.717, 1.165) is 25.2 Å². The van der Waals surface area contributed by atoms with Crippen molar-refractivity contribution < 1.29 is 4.79 Å². The van der Waals surface area contributed by atoms with Gasteiger partial charge in [-0.3, -0.25) is 14.6 Å². The van der Waals surface area contributed by atoms with Crippen molar-refractivity contribution in [3.05, 3.63) is 52.7 Å². The van der Waals surface area contributed by atoms with Crippen LogP contribution in [0.2, 0.25) is 0 Å². The van der Waals surface area contributed by atoms with Gasteiger partial charge in [-0.25, -0.2) is 4.68 Å². The number of rotatable bonds is 4. The van der Waals surface area contributed by atoms with E-state index >= 15 is 0 Å². The molecule has 0 spiro atoms. The van der Waals surface area contributed by atoms with Crippen molar-refractivity contribution in [2.45, 2.75) is 19.9 Å². The number of aromatic nitrogens is 3. The van der Waals surface area contributed by atoms with Crippen molar-refractivity contribution in [2.24, 2.45) is 0 Å². The number of nitrogens with zero attached hydrogens (tertiary/aromatic N) is 5. The van der Waals surface area contributed by atoms with Gasteiger partial charge in [0.15, 0.2) is 0 Å². The number of piperazine rings is 1. The molecule has 2 aromatic rings. The second kappa shape index (κ2) is 7.25. The van der Waals surface area contributed by atoms with Gasteiger partial charge in [-0.05, 0) is 24.6 Å². The van der Waals surface area contributed by atoms with Crippen LogP contribution in [0.1, 0.15) is 23.8 Å². The number of hydrogen-bond acceptors (Lipinski definition) is 5. The van der Waals surface area contributed by atoms with Crippen molar-refractivity contribution in [1.29, 1.82) is 0 Å². The summed E-state index contributed by atoms with van der Waals surface area (Å²) in [6.45, 7) is 5.30. The predicted molar refractivity (Wildman–Crippen MR) is 91.1 cm³/mol. The Morgan fingerprint density at radius 1 is 1.08 bits per heavy atom. The van der Waals surface area contributed by atoms with Crippen molar-refractivity contribution in [2.75, 3.05) is 31.1 Å². The monoisotopic (exact) mass is 327 g/mol. The van der Waals surface area contributed by atoms with Crippen molar-refractivity contribution in [1.82, 2.24) is 19.7 Å². The minimum atomic E-state index is -0.170. The average molecular weight is 327 g/mol. The zero-order valence-electron chi connectivity index (χ0n) is 13.8. The van der Waals surface area contributed by atoms with E-state index in [2.05, 4.69) is 15.0 Å². The van der Waals surface area contributed by atoms with E-state index in [1.165, 1.54) is 16.8 Å². The van der Waals surface area contributed by atoms with Gasteiger partial charge in [-0.2, -0.15) is 5.10 Å². The molecule has 0 bridgehead atoms. The van der Waals surface area contributed by atoms with Gasteiger partial charge >= 0.3 is 0 Å². The first kappa shape index (κ1) is 16.2. The molecule has 1 aliphatic heterocycles. The van der Waals surface area contributed by atoms with Crippen LogP contribution in [0.4, 0.5) is 5.69 Å². The van der Waals surface area contributed by atoms with Crippen LogP contribution in [0.15, 0.2) is 41.5 Å². The Labute approximate surface area is 140 Å². The average Bonchev–Trinajstić information content (AvgIpc) is 2.64. The summed E-state index contributed by atoms with van der Waals surface area (Å²) in [5.41, 5.74) is 1.28. The SMILES string of the molecule is CCCn1nc(C(=O)N2CCN(c3ccncc3)CC2)ccc1=O. The molecule has 126 valence electrons. The topological polar surface area (TPSA) is 71.3 Å². The summed E-state index contributed by atoms with van der Waals surface area (Å²) < 4.78 is 1.36. The van der Waals surface area contributed by atoms with Crippen LogP contribution < -0.4 is 10.5 Å². The van der Waals surface area contributed by atoms with Gasteiger partial charge in [-0.15, -0.1) is 0 Å². The first-order valence-corrected chi connectivity index (χ1v) is 8.21. The van der Waals surface area contributed by atoms with E-state index in [0.29, 0.717) is 25.3 Å². The largest absolute Gasteiger partial charge is 0.368 e. The molecule has 0 N–H and O–H groups in total. The highest BCUT2D eigenvalue weighted by atomic mass is 16.2. The molecule has 1 aliphatic rings. The summed E-state index contributed by atoms with van der Waals surface area (Å²) in [6, 6.07) is 6.88. The normalized spacial score (nSPS) is 14.7. The number of anilines is 1. The molecule has 0 aliphatic carbocycles. The van der Waals surface area contributed by atoms with Gasteiger partial charge in [0.25, 0.3) is 11.5 Å². The summed E-state index contributed by atoms with van der Waals surface area (Å²) in [4.78, 5) is 32.4. The first-order chi connectivity index (χ1) is 11.7. The predicted octanol–water partition coefficient (Wildman–Crippen LogP) is 1.01. The summed E-state index contributed by atoms with van der Waals surface area (Å²) in [7, 11) is 0. The van der Waals surface area contributed by atoms with Crippen molar-refractivity contribution in [3.8, 4) is 0 Å². The molecular formula is C17H21N5O2. The fourth-order valence-electron chi connectivity index (χ4n) is 2.82. The van der Waals surface area contributed by atoms with E-state index in [9.17, 15) is 9.59 Å². The minimum Gasteiger partial charge on any atom is -0.368 e. The van der Waals surface area contributed by atoms with Crippen LogP contribution in [0.25, 0.3) is 0 Å². The molecule has 0 unspecified atom stereocenters. The Morgan fingerprint density at radius 3 is 2.46 bits per heavy atom. The Morgan fingerprint density at radius 2 is 1.79 bits per heavy atom. The zero-order chi connectivity index (χ0) is 16.9. The molecule has 1 amide bonds. The smallest absolute Gasteiger partial charge is 0.274 e. The third kappa shape index (κ3) is 3.45. The third-order valence-corrected chi connectivity index (χ3v) is 4.12. The van der Waals surface area contributed by atoms with Crippen LogP contribution in [-0.2, 0) is 6.54 Å². The van der Waals surface area contributed by atoms with Gasteiger partial charge in [0.1, 0.15) is 5.69 Å². The van der Waals surface area contributed by atoms with Gasteiger partial charge < -0.3 is 9.80 Å². The van der Waals surface area contributed by atoms with Gasteiger partial charge in [0.2, 0.25) is 0 Å². The molecule has 0 radical (unpaired) electrons. The second-order valence-electron chi connectivity index (χ2n) is 5.76. The molecule has 7 heteroatoms. The summed E-state index contributed by atoms with van der Waals surface area (Å²) in [5, 5.41) is 4.21. The summed E-state index contributed by atoms with van der Waals surface area (Å²) in [5.74, 6) is -0.116. The molecule has 1 saturated heterocycles. The highest BCUT2D eigenvalue weighted by molar-refractivity contribution is 5.92. The number of pyridine rings is 1. The van der Waals surface area contributed by atoms with Crippen LogP contribution in [0.5, 0.6) is 0 Å². The van der Waals surface area contributed by atoms with Gasteiger partial charge in [0, 0.05) is 56.9 Å². The molecule has 0 atom stereocenters. The fourth-order valence-corrected chi connectivity index (χ4v) is 2.82. The molecule has 2 aromatic heterocycles. The van der Waals surface area contributed by atoms with E-state index < -0.39 is 0 Å².